The van der Waals surface area contributed by atoms with Gasteiger partial charge in [0.05, 0.1) is 16.5 Å². The normalized spacial score (nSPS) is 23.3. The van der Waals surface area contributed by atoms with Crippen molar-refractivity contribution in [1.29, 1.82) is 0 Å². The molecular formula is C19H20N2O5S. The van der Waals surface area contributed by atoms with Crippen LogP contribution in [0, 0.1) is 5.92 Å². The molecule has 8 heteroatoms. The smallest absolute Gasteiger partial charge is 0.306 e. The third-order valence-electron chi connectivity index (χ3n) is 5.41. The third-order valence-corrected chi connectivity index (χ3v) is 7.21. The Morgan fingerprint density at radius 1 is 1.07 bits per heavy atom. The largest absolute Gasteiger partial charge is 0.481 e. The van der Waals surface area contributed by atoms with Gasteiger partial charge in [-0.25, -0.2) is 8.42 Å². The van der Waals surface area contributed by atoms with E-state index in [0.29, 0.717) is 36.8 Å². The monoisotopic (exact) mass is 388 g/mol. The summed E-state index contributed by atoms with van der Waals surface area (Å²) in [4.78, 5) is 23.8. The Morgan fingerprint density at radius 2 is 1.74 bits per heavy atom. The standard InChI is InChI=1S/C19H20N2O5S/c22-17(20-14-9-7-13(8-10-14)19(23)24)11-21-15-5-1-3-12-4-2-6-16(18(12)15)27(21,25)26/h1-6,13-14H,7-11H2,(H,20,22)(H,23,24). The van der Waals surface area contributed by atoms with Gasteiger partial charge in [-0.3, -0.25) is 13.9 Å². The Balaban J connectivity index is 1.50. The van der Waals surface area contributed by atoms with Crippen LogP contribution in [0.25, 0.3) is 10.8 Å². The minimum Gasteiger partial charge on any atom is -0.481 e. The number of sulfonamides is 1. The van der Waals surface area contributed by atoms with Gasteiger partial charge in [-0.15, -0.1) is 0 Å². The first-order valence-corrected chi connectivity index (χ1v) is 10.4. The number of carboxylic acid groups (broad SMARTS) is 1. The van der Waals surface area contributed by atoms with E-state index in [1.165, 1.54) is 0 Å². The number of aliphatic carboxylic acids is 1. The molecule has 0 unspecified atom stereocenters. The van der Waals surface area contributed by atoms with E-state index >= 15 is 0 Å². The molecule has 2 N–H and O–H groups in total. The Bertz CT molecular complexity index is 1020. The van der Waals surface area contributed by atoms with E-state index in [9.17, 15) is 18.0 Å². The van der Waals surface area contributed by atoms with Crippen LogP contribution in [0.5, 0.6) is 0 Å². The number of carbonyl (C=O) groups excluding carboxylic acids is 1. The zero-order valence-corrected chi connectivity index (χ0v) is 15.4. The molecule has 1 heterocycles. The highest BCUT2D eigenvalue weighted by molar-refractivity contribution is 7.93. The van der Waals surface area contributed by atoms with Gasteiger partial charge in [-0.1, -0.05) is 24.3 Å². The van der Waals surface area contributed by atoms with Crippen LogP contribution in [0.1, 0.15) is 25.7 Å². The number of nitrogens with zero attached hydrogens (tertiary/aromatic N) is 1. The van der Waals surface area contributed by atoms with Crippen molar-refractivity contribution >= 4 is 38.4 Å². The van der Waals surface area contributed by atoms with Gasteiger partial charge in [-0.05, 0) is 43.2 Å². The maximum Gasteiger partial charge on any atom is 0.306 e. The fourth-order valence-electron chi connectivity index (χ4n) is 4.02. The molecule has 4 rings (SSSR count). The van der Waals surface area contributed by atoms with Gasteiger partial charge in [0, 0.05) is 11.4 Å². The van der Waals surface area contributed by atoms with Crippen molar-refractivity contribution in [3.63, 3.8) is 0 Å². The highest BCUT2D eigenvalue weighted by atomic mass is 32.2. The number of hydrogen-bond donors (Lipinski definition) is 2. The van der Waals surface area contributed by atoms with Crippen LogP contribution in [-0.2, 0) is 19.6 Å². The van der Waals surface area contributed by atoms with E-state index in [-0.39, 0.29) is 29.3 Å². The van der Waals surface area contributed by atoms with Crippen LogP contribution in [0.4, 0.5) is 5.69 Å². The lowest BCUT2D eigenvalue weighted by Crippen LogP contribution is -2.44. The minimum atomic E-state index is -3.76. The van der Waals surface area contributed by atoms with E-state index in [1.807, 2.05) is 12.1 Å². The van der Waals surface area contributed by atoms with Crippen LogP contribution in [-0.4, -0.2) is 38.0 Å². The van der Waals surface area contributed by atoms with Crippen molar-refractivity contribution in [3.8, 4) is 0 Å². The second-order valence-corrected chi connectivity index (χ2v) is 8.93. The Hall–Kier alpha value is -2.61. The molecular weight excluding hydrogens is 368 g/mol. The first-order valence-electron chi connectivity index (χ1n) is 8.94. The Morgan fingerprint density at radius 3 is 2.41 bits per heavy atom. The average molecular weight is 388 g/mol. The van der Waals surface area contributed by atoms with Crippen molar-refractivity contribution in [3.05, 3.63) is 36.4 Å². The summed E-state index contributed by atoms with van der Waals surface area (Å²) in [6.07, 6.45) is 2.22. The lowest BCUT2D eigenvalue weighted by atomic mass is 9.86. The Kier molecular flexibility index (Phi) is 4.30. The molecule has 0 aromatic heterocycles. The molecule has 2 aromatic carbocycles. The van der Waals surface area contributed by atoms with Crippen LogP contribution in [0.3, 0.4) is 0 Å². The van der Waals surface area contributed by atoms with Crippen molar-refractivity contribution in [2.45, 2.75) is 36.6 Å². The first-order chi connectivity index (χ1) is 12.9. The maximum absolute atomic E-state index is 12.9. The number of anilines is 1. The quantitative estimate of drug-likeness (QED) is 0.835. The Labute approximate surface area is 157 Å². The molecule has 2 aromatic rings. The number of carbonyl (C=O) groups is 2. The van der Waals surface area contributed by atoms with Gasteiger partial charge in [0.2, 0.25) is 5.91 Å². The lowest BCUT2D eigenvalue weighted by molar-refractivity contribution is -0.142. The van der Waals surface area contributed by atoms with Crippen molar-refractivity contribution < 1.29 is 23.1 Å². The molecule has 1 fully saturated rings. The van der Waals surface area contributed by atoms with Gasteiger partial charge in [0.1, 0.15) is 6.54 Å². The van der Waals surface area contributed by atoms with Crippen LogP contribution < -0.4 is 9.62 Å². The van der Waals surface area contributed by atoms with Gasteiger partial charge in [0.15, 0.2) is 0 Å². The second-order valence-electron chi connectivity index (χ2n) is 7.10. The summed E-state index contributed by atoms with van der Waals surface area (Å²) in [7, 11) is -3.76. The average Bonchev–Trinajstić information content (AvgIpc) is 2.86. The fraction of sp³-hybridized carbons (Fsp3) is 0.368. The predicted octanol–water partition coefficient (Wildman–Crippen LogP) is 2.11. The molecule has 0 atom stereocenters. The first kappa shape index (κ1) is 17.8. The molecule has 0 saturated heterocycles. The summed E-state index contributed by atoms with van der Waals surface area (Å²) >= 11 is 0. The molecule has 7 nitrogen and oxygen atoms in total. The number of benzene rings is 2. The second kappa shape index (κ2) is 6.53. The van der Waals surface area contributed by atoms with Gasteiger partial charge >= 0.3 is 5.97 Å². The molecule has 1 amide bonds. The molecule has 2 aliphatic rings. The van der Waals surface area contributed by atoms with Crippen molar-refractivity contribution in [2.75, 3.05) is 10.8 Å². The van der Waals surface area contributed by atoms with E-state index < -0.39 is 16.0 Å². The summed E-state index contributed by atoms with van der Waals surface area (Å²) in [6, 6.07) is 10.3. The zero-order chi connectivity index (χ0) is 19.2. The van der Waals surface area contributed by atoms with E-state index in [4.69, 9.17) is 5.11 Å². The highest BCUT2D eigenvalue weighted by Crippen LogP contribution is 2.41. The summed E-state index contributed by atoms with van der Waals surface area (Å²) in [6.45, 7) is -0.283. The van der Waals surface area contributed by atoms with E-state index in [2.05, 4.69) is 5.32 Å². The summed E-state index contributed by atoms with van der Waals surface area (Å²) in [5.74, 6) is -1.53. The maximum atomic E-state index is 12.9. The molecule has 0 radical (unpaired) electrons. The van der Waals surface area contributed by atoms with Crippen LogP contribution in [0.2, 0.25) is 0 Å². The SMILES string of the molecule is O=C(CN1c2cccc3cccc(c23)S1(=O)=O)NC1CCC(C(=O)O)CC1. The number of amides is 1. The van der Waals surface area contributed by atoms with Crippen LogP contribution >= 0.6 is 0 Å². The van der Waals surface area contributed by atoms with Crippen molar-refractivity contribution in [1.82, 2.24) is 5.32 Å². The molecule has 1 saturated carbocycles. The molecule has 1 aliphatic heterocycles. The number of hydrogen-bond acceptors (Lipinski definition) is 4. The van der Waals surface area contributed by atoms with Crippen LogP contribution in [0.15, 0.2) is 41.3 Å². The van der Waals surface area contributed by atoms with Crippen molar-refractivity contribution in [2.24, 2.45) is 5.92 Å². The molecule has 0 spiro atoms. The number of nitrogens with one attached hydrogen (secondary N) is 1. The van der Waals surface area contributed by atoms with Gasteiger partial charge in [0.25, 0.3) is 10.0 Å². The molecule has 0 bridgehead atoms. The van der Waals surface area contributed by atoms with Gasteiger partial charge < -0.3 is 10.4 Å². The lowest BCUT2D eigenvalue weighted by Gasteiger charge is -2.27. The van der Waals surface area contributed by atoms with E-state index in [1.54, 1.807) is 24.3 Å². The molecule has 142 valence electrons. The van der Waals surface area contributed by atoms with E-state index in [0.717, 1.165) is 9.69 Å². The molecule has 1 aliphatic carbocycles. The predicted molar refractivity (Wildman–Crippen MR) is 100 cm³/mol. The fourth-order valence-corrected chi connectivity index (χ4v) is 5.68. The zero-order valence-electron chi connectivity index (χ0n) is 14.6. The summed E-state index contributed by atoms with van der Waals surface area (Å²) in [5, 5.41) is 13.4. The summed E-state index contributed by atoms with van der Waals surface area (Å²) < 4.78 is 26.9. The number of rotatable bonds is 4. The van der Waals surface area contributed by atoms with Gasteiger partial charge in [-0.2, -0.15) is 0 Å². The minimum absolute atomic E-state index is 0.114. The molecule has 27 heavy (non-hydrogen) atoms. The summed E-state index contributed by atoms with van der Waals surface area (Å²) in [5.41, 5.74) is 0.521. The number of carboxylic acids is 1. The topological polar surface area (TPSA) is 104 Å². The highest BCUT2D eigenvalue weighted by Gasteiger charge is 2.37. The third kappa shape index (κ3) is 3.03.